The summed E-state index contributed by atoms with van der Waals surface area (Å²) in [6.45, 7) is 0.257. The lowest BCUT2D eigenvalue weighted by Crippen LogP contribution is -2.50. The van der Waals surface area contributed by atoms with Gasteiger partial charge in [-0.3, -0.25) is 0 Å². The smallest absolute Gasteiger partial charge is 0.270 e. The molecule has 4 rings (SSSR count). The summed E-state index contributed by atoms with van der Waals surface area (Å²) in [7, 11) is 0. The monoisotopic (exact) mass is 389 g/mol. The van der Waals surface area contributed by atoms with E-state index in [1.165, 1.54) is 12.1 Å². The zero-order valence-electron chi connectivity index (χ0n) is 15.7. The SMILES string of the molecule is CC(F)(F)c1ccc2c(c1)[C@H]1OC(CO)(CO)CC[C@H]1[C@H](c1ccccc1)N2. The average Bonchev–Trinajstić information content (AvgIpc) is 2.72. The molecular weight excluding hydrogens is 364 g/mol. The van der Waals surface area contributed by atoms with Gasteiger partial charge in [0.15, 0.2) is 0 Å². The highest BCUT2D eigenvalue weighted by atomic mass is 19.3. The lowest BCUT2D eigenvalue weighted by atomic mass is 9.74. The van der Waals surface area contributed by atoms with Crippen molar-refractivity contribution in [2.75, 3.05) is 18.5 Å². The van der Waals surface area contributed by atoms with E-state index >= 15 is 0 Å². The normalized spacial score (nSPS) is 26.1. The zero-order valence-corrected chi connectivity index (χ0v) is 15.7. The second-order valence-corrected chi connectivity index (χ2v) is 7.96. The second kappa shape index (κ2) is 7.10. The number of alkyl halides is 2. The fourth-order valence-corrected chi connectivity index (χ4v) is 4.38. The molecular formula is C22H25F2NO3. The number of benzene rings is 2. The van der Waals surface area contributed by atoms with E-state index in [4.69, 9.17) is 4.74 Å². The molecule has 0 aromatic heterocycles. The Morgan fingerprint density at radius 3 is 2.50 bits per heavy atom. The molecule has 4 nitrogen and oxygen atoms in total. The van der Waals surface area contributed by atoms with Gasteiger partial charge in [-0.25, -0.2) is 8.78 Å². The van der Waals surface area contributed by atoms with Gasteiger partial charge in [0.05, 0.1) is 25.4 Å². The van der Waals surface area contributed by atoms with E-state index in [1.54, 1.807) is 6.07 Å². The zero-order chi connectivity index (χ0) is 19.9. The highest BCUT2D eigenvalue weighted by Gasteiger charge is 2.48. The van der Waals surface area contributed by atoms with E-state index < -0.39 is 17.6 Å². The minimum absolute atomic E-state index is 0.00172. The van der Waals surface area contributed by atoms with Crippen molar-refractivity contribution >= 4 is 5.69 Å². The molecule has 0 amide bonds. The van der Waals surface area contributed by atoms with Gasteiger partial charge < -0.3 is 20.3 Å². The fraction of sp³-hybridized carbons (Fsp3) is 0.455. The van der Waals surface area contributed by atoms with Crippen LogP contribution in [0, 0.1) is 5.92 Å². The van der Waals surface area contributed by atoms with E-state index in [9.17, 15) is 19.0 Å². The van der Waals surface area contributed by atoms with E-state index in [1.807, 2.05) is 30.3 Å². The minimum atomic E-state index is -2.96. The summed E-state index contributed by atoms with van der Waals surface area (Å²) in [5.74, 6) is -2.96. The van der Waals surface area contributed by atoms with Crippen LogP contribution in [0.2, 0.25) is 0 Å². The summed E-state index contributed by atoms with van der Waals surface area (Å²) in [6, 6.07) is 14.5. The number of aliphatic hydroxyl groups excluding tert-OH is 2. The number of rotatable bonds is 4. The Labute approximate surface area is 163 Å². The van der Waals surface area contributed by atoms with Crippen LogP contribution in [0.25, 0.3) is 0 Å². The van der Waals surface area contributed by atoms with E-state index in [2.05, 4.69) is 5.32 Å². The molecule has 0 spiro atoms. The van der Waals surface area contributed by atoms with Crippen molar-refractivity contribution in [3.63, 3.8) is 0 Å². The standard InChI is InChI=1S/C22H25F2NO3/c1-21(23,24)15-7-8-18-17(11-15)20-16(9-10-22(12-26,13-27)28-20)19(25-18)14-5-3-2-4-6-14/h2-8,11,16,19-20,25-27H,9-10,12-13H2,1H3/t16-,19-,20-/m0/s1. The van der Waals surface area contributed by atoms with Gasteiger partial charge in [-0.15, -0.1) is 0 Å². The van der Waals surface area contributed by atoms with Crippen molar-refractivity contribution in [3.8, 4) is 0 Å². The number of anilines is 1. The number of hydrogen-bond acceptors (Lipinski definition) is 4. The topological polar surface area (TPSA) is 61.7 Å². The van der Waals surface area contributed by atoms with Gasteiger partial charge in [0.2, 0.25) is 0 Å². The molecule has 2 aromatic rings. The van der Waals surface area contributed by atoms with Gasteiger partial charge in [-0.2, -0.15) is 0 Å². The number of hydrogen-bond donors (Lipinski definition) is 3. The summed E-state index contributed by atoms with van der Waals surface area (Å²) in [5, 5.41) is 23.2. The molecule has 3 atom stereocenters. The van der Waals surface area contributed by atoms with Crippen LogP contribution in [0.5, 0.6) is 0 Å². The predicted octanol–water partition coefficient (Wildman–Crippen LogP) is 4.16. The molecule has 0 radical (unpaired) electrons. The molecule has 1 saturated heterocycles. The summed E-state index contributed by atoms with van der Waals surface area (Å²) in [5.41, 5.74) is 1.37. The van der Waals surface area contributed by atoms with Crippen molar-refractivity contribution in [2.45, 2.75) is 43.4 Å². The third-order valence-electron chi connectivity index (χ3n) is 6.04. The Morgan fingerprint density at radius 1 is 1.14 bits per heavy atom. The number of nitrogens with one attached hydrogen (secondary N) is 1. The fourth-order valence-electron chi connectivity index (χ4n) is 4.38. The Bertz CT molecular complexity index is 833. The summed E-state index contributed by atoms with van der Waals surface area (Å²) < 4.78 is 34.1. The van der Waals surface area contributed by atoms with Crippen molar-refractivity contribution in [1.82, 2.24) is 0 Å². The first-order valence-electron chi connectivity index (χ1n) is 9.60. The first-order valence-corrected chi connectivity index (χ1v) is 9.60. The van der Waals surface area contributed by atoms with Crippen LogP contribution < -0.4 is 5.32 Å². The van der Waals surface area contributed by atoms with Crippen LogP contribution in [0.4, 0.5) is 14.5 Å². The van der Waals surface area contributed by atoms with Crippen LogP contribution in [-0.2, 0) is 10.7 Å². The molecule has 150 valence electrons. The molecule has 1 fully saturated rings. The molecule has 28 heavy (non-hydrogen) atoms. The number of ether oxygens (including phenoxy) is 1. The first-order chi connectivity index (χ1) is 13.4. The van der Waals surface area contributed by atoms with Crippen molar-refractivity contribution in [2.24, 2.45) is 5.92 Å². The van der Waals surface area contributed by atoms with E-state index in [0.29, 0.717) is 18.4 Å². The number of fused-ring (bicyclic) bond motifs is 3. The lowest BCUT2D eigenvalue weighted by Gasteiger charge is -2.49. The van der Waals surface area contributed by atoms with Crippen LogP contribution in [-0.4, -0.2) is 29.0 Å². The number of aliphatic hydroxyl groups is 2. The Balaban J connectivity index is 1.80. The van der Waals surface area contributed by atoms with Gasteiger partial charge >= 0.3 is 0 Å². The largest absolute Gasteiger partial charge is 0.393 e. The maximum Gasteiger partial charge on any atom is 0.270 e. The van der Waals surface area contributed by atoms with Crippen LogP contribution in [0.15, 0.2) is 48.5 Å². The molecule has 2 heterocycles. The second-order valence-electron chi connectivity index (χ2n) is 7.96. The Hall–Kier alpha value is -2.02. The molecule has 0 saturated carbocycles. The lowest BCUT2D eigenvalue weighted by molar-refractivity contribution is -0.195. The van der Waals surface area contributed by atoms with Crippen LogP contribution in [0.3, 0.4) is 0 Å². The highest BCUT2D eigenvalue weighted by molar-refractivity contribution is 5.59. The molecule has 3 N–H and O–H groups in total. The summed E-state index contributed by atoms with van der Waals surface area (Å²) in [4.78, 5) is 0. The van der Waals surface area contributed by atoms with Crippen LogP contribution in [0.1, 0.15) is 48.6 Å². The predicted molar refractivity (Wildman–Crippen MR) is 102 cm³/mol. The third-order valence-corrected chi connectivity index (χ3v) is 6.04. The van der Waals surface area contributed by atoms with Gasteiger partial charge in [-0.1, -0.05) is 36.4 Å². The maximum atomic E-state index is 13.9. The van der Waals surface area contributed by atoms with E-state index in [-0.39, 0.29) is 30.7 Å². The molecule has 0 unspecified atom stereocenters. The van der Waals surface area contributed by atoms with Crippen molar-refractivity contribution in [3.05, 3.63) is 65.2 Å². The summed E-state index contributed by atoms with van der Waals surface area (Å²) in [6.07, 6.45) is 0.715. The Morgan fingerprint density at radius 2 is 1.86 bits per heavy atom. The minimum Gasteiger partial charge on any atom is -0.393 e. The third kappa shape index (κ3) is 3.30. The quantitative estimate of drug-likeness (QED) is 0.735. The summed E-state index contributed by atoms with van der Waals surface area (Å²) >= 11 is 0. The molecule has 0 aliphatic carbocycles. The highest BCUT2D eigenvalue weighted by Crippen LogP contribution is 2.53. The van der Waals surface area contributed by atoms with Gasteiger partial charge in [-0.05, 0) is 30.5 Å². The van der Waals surface area contributed by atoms with E-state index in [0.717, 1.165) is 18.2 Å². The van der Waals surface area contributed by atoms with Gasteiger partial charge in [0, 0.05) is 29.7 Å². The first kappa shape index (κ1) is 19.3. The molecule has 2 aromatic carbocycles. The number of halogens is 2. The van der Waals surface area contributed by atoms with Crippen molar-refractivity contribution < 1.29 is 23.7 Å². The Kier molecular flexibility index (Phi) is 4.89. The van der Waals surface area contributed by atoms with Gasteiger partial charge in [0.1, 0.15) is 5.60 Å². The van der Waals surface area contributed by atoms with Crippen LogP contribution >= 0.6 is 0 Å². The molecule has 2 aliphatic rings. The van der Waals surface area contributed by atoms with Gasteiger partial charge in [0.25, 0.3) is 5.92 Å². The molecule has 6 heteroatoms. The maximum absolute atomic E-state index is 13.9. The molecule has 0 bridgehead atoms. The molecule has 2 aliphatic heterocycles. The average molecular weight is 389 g/mol. The van der Waals surface area contributed by atoms with Crippen molar-refractivity contribution in [1.29, 1.82) is 0 Å².